The summed E-state index contributed by atoms with van der Waals surface area (Å²) in [6.45, 7) is 2.28. The van der Waals surface area contributed by atoms with E-state index in [1.165, 1.54) is 18.4 Å². The first kappa shape index (κ1) is 14.7. The van der Waals surface area contributed by atoms with Gasteiger partial charge in [-0.05, 0) is 37.0 Å². The van der Waals surface area contributed by atoms with Crippen molar-refractivity contribution in [3.63, 3.8) is 0 Å². The summed E-state index contributed by atoms with van der Waals surface area (Å²) in [5, 5.41) is 0. The maximum Gasteiger partial charge on any atom is 0.162 e. The standard InChI is InChI=1S/C15H18Br2O3/c16-11-9-14-13(19-6-3-7-20-14)8-10(11)15(17)12-4-1-2-5-18-12/h8-9,12,15H,1-7H2. The van der Waals surface area contributed by atoms with Crippen molar-refractivity contribution in [3.8, 4) is 11.5 Å². The van der Waals surface area contributed by atoms with Crippen molar-refractivity contribution in [2.75, 3.05) is 19.8 Å². The molecule has 2 atom stereocenters. The summed E-state index contributed by atoms with van der Waals surface area (Å²) in [6, 6.07) is 4.08. The SMILES string of the molecule is Brc1cc2c(cc1C(Br)C1CCCCO1)OCCCO2. The average Bonchev–Trinajstić information content (AvgIpc) is 2.71. The van der Waals surface area contributed by atoms with Crippen LogP contribution >= 0.6 is 31.9 Å². The fraction of sp³-hybridized carbons (Fsp3) is 0.600. The second-order valence-electron chi connectivity index (χ2n) is 5.18. The number of ether oxygens (including phenoxy) is 3. The van der Waals surface area contributed by atoms with E-state index in [2.05, 4.69) is 37.9 Å². The summed E-state index contributed by atoms with van der Waals surface area (Å²) in [7, 11) is 0. The Bertz CT molecular complexity index is 472. The molecule has 0 radical (unpaired) electrons. The van der Waals surface area contributed by atoms with Crippen molar-refractivity contribution >= 4 is 31.9 Å². The third kappa shape index (κ3) is 3.15. The highest BCUT2D eigenvalue weighted by molar-refractivity contribution is 9.11. The van der Waals surface area contributed by atoms with Crippen LogP contribution in [0.25, 0.3) is 0 Å². The van der Waals surface area contributed by atoms with Gasteiger partial charge in [0.25, 0.3) is 0 Å². The van der Waals surface area contributed by atoms with Gasteiger partial charge in [0.05, 0.1) is 24.1 Å². The van der Waals surface area contributed by atoms with E-state index in [1.54, 1.807) is 0 Å². The molecule has 1 aromatic rings. The number of rotatable bonds is 2. The molecular weight excluding hydrogens is 388 g/mol. The van der Waals surface area contributed by atoms with Gasteiger partial charge in [-0.25, -0.2) is 0 Å². The van der Waals surface area contributed by atoms with Crippen LogP contribution in [0, 0.1) is 0 Å². The van der Waals surface area contributed by atoms with E-state index in [1.807, 2.05) is 6.07 Å². The number of alkyl halides is 1. The largest absolute Gasteiger partial charge is 0.490 e. The molecule has 0 bridgehead atoms. The lowest BCUT2D eigenvalue weighted by atomic mass is 10.0. The number of halogens is 2. The van der Waals surface area contributed by atoms with Crippen LogP contribution < -0.4 is 9.47 Å². The molecule has 0 saturated carbocycles. The molecule has 3 rings (SSSR count). The molecule has 2 aliphatic rings. The molecular formula is C15H18Br2O3. The van der Waals surface area contributed by atoms with Crippen molar-refractivity contribution in [1.82, 2.24) is 0 Å². The maximum absolute atomic E-state index is 5.88. The molecule has 1 aromatic carbocycles. The van der Waals surface area contributed by atoms with Crippen LogP contribution in [-0.2, 0) is 4.74 Å². The van der Waals surface area contributed by atoms with Gasteiger partial charge in [-0.1, -0.05) is 31.9 Å². The van der Waals surface area contributed by atoms with E-state index in [4.69, 9.17) is 14.2 Å². The Morgan fingerprint density at radius 1 is 1.00 bits per heavy atom. The van der Waals surface area contributed by atoms with Crippen LogP contribution in [0.1, 0.15) is 36.1 Å². The predicted octanol–water partition coefficient (Wildman–Crippen LogP) is 4.62. The van der Waals surface area contributed by atoms with Crippen molar-refractivity contribution in [3.05, 3.63) is 22.2 Å². The minimum Gasteiger partial charge on any atom is -0.490 e. The molecule has 5 heteroatoms. The zero-order chi connectivity index (χ0) is 13.9. The molecule has 0 amide bonds. The molecule has 2 unspecified atom stereocenters. The topological polar surface area (TPSA) is 27.7 Å². The van der Waals surface area contributed by atoms with E-state index >= 15 is 0 Å². The van der Waals surface area contributed by atoms with Crippen molar-refractivity contribution < 1.29 is 14.2 Å². The minimum absolute atomic E-state index is 0.175. The van der Waals surface area contributed by atoms with Gasteiger partial charge in [0.15, 0.2) is 11.5 Å². The maximum atomic E-state index is 5.88. The lowest BCUT2D eigenvalue weighted by Gasteiger charge is -2.28. The molecule has 0 N–H and O–H groups in total. The average molecular weight is 406 g/mol. The van der Waals surface area contributed by atoms with Crippen LogP contribution in [0.15, 0.2) is 16.6 Å². The first-order valence-corrected chi connectivity index (χ1v) is 8.81. The van der Waals surface area contributed by atoms with Gasteiger partial charge in [0, 0.05) is 17.5 Å². The molecule has 2 heterocycles. The summed E-state index contributed by atoms with van der Waals surface area (Å²) in [5.74, 6) is 1.66. The quantitative estimate of drug-likeness (QED) is 0.672. The van der Waals surface area contributed by atoms with Gasteiger partial charge in [0.1, 0.15) is 0 Å². The van der Waals surface area contributed by atoms with Gasteiger partial charge < -0.3 is 14.2 Å². The fourth-order valence-corrected chi connectivity index (χ4v) is 4.28. The van der Waals surface area contributed by atoms with E-state index < -0.39 is 0 Å². The number of benzene rings is 1. The zero-order valence-corrected chi connectivity index (χ0v) is 14.4. The monoisotopic (exact) mass is 404 g/mol. The number of fused-ring (bicyclic) bond motifs is 1. The van der Waals surface area contributed by atoms with Gasteiger partial charge in [-0.2, -0.15) is 0 Å². The smallest absolute Gasteiger partial charge is 0.162 e. The molecule has 1 saturated heterocycles. The summed E-state index contributed by atoms with van der Waals surface area (Å²) < 4.78 is 18.4. The molecule has 20 heavy (non-hydrogen) atoms. The summed E-state index contributed by atoms with van der Waals surface area (Å²) >= 11 is 7.44. The molecule has 110 valence electrons. The van der Waals surface area contributed by atoms with Crippen LogP contribution in [0.3, 0.4) is 0 Å². The second kappa shape index (κ2) is 6.67. The second-order valence-corrected chi connectivity index (χ2v) is 7.02. The summed E-state index contributed by atoms with van der Waals surface area (Å²) in [5.41, 5.74) is 1.17. The molecule has 0 aliphatic carbocycles. The van der Waals surface area contributed by atoms with Gasteiger partial charge in [-0.15, -0.1) is 0 Å². The fourth-order valence-electron chi connectivity index (χ4n) is 2.61. The Balaban J connectivity index is 1.86. The van der Waals surface area contributed by atoms with E-state index in [-0.39, 0.29) is 10.9 Å². The normalized spacial score (nSPS) is 24.0. The molecule has 3 nitrogen and oxygen atoms in total. The Kier molecular flexibility index (Phi) is 4.89. The van der Waals surface area contributed by atoms with Crippen molar-refractivity contribution in [2.45, 2.75) is 36.6 Å². The Labute approximate surface area is 136 Å². The van der Waals surface area contributed by atoms with Gasteiger partial charge >= 0.3 is 0 Å². The zero-order valence-electron chi connectivity index (χ0n) is 11.2. The molecule has 0 aromatic heterocycles. The molecule has 2 aliphatic heterocycles. The molecule has 0 spiro atoms. The third-order valence-electron chi connectivity index (χ3n) is 3.71. The van der Waals surface area contributed by atoms with E-state index in [0.29, 0.717) is 13.2 Å². The highest BCUT2D eigenvalue weighted by atomic mass is 79.9. The van der Waals surface area contributed by atoms with Crippen LogP contribution in [0.4, 0.5) is 0 Å². The van der Waals surface area contributed by atoms with Crippen molar-refractivity contribution in [1.29, 1.82) is 0 Å². The van der Waals surface area contributed by atoms with Gasteiger partial charge in [-0.3, -0.25) is 0 Å². The van der Waals surface area contributed by atoms with E-state index in [9.17, 15) is 0 Å². The predicted molar refractivity (Wildman–Crippen MR) is 85.0 cm³/mol. The Hall–Kier alpha value is -0.260. The van der Waals surface area contributed by atoms with Crippen LogP contribution in [-0.4, -0.2) is 25.9 Å². The molecule has 1 fully saturated rings. The number of hydrogen-bond donors (Lipinski definition) is 0. The lowest BCUT2D eigenvalue weighted by molar-refractivity contribution is 0.0159. The van der Waals surface area contributed by atoms with Crippen LogP contribution in [0.2, 0.25) is 0 Å². The third-order valence-corrected chi connectivity index (χ3v) is 5.47. The Morgan fingerprint density at radius 3 is 2.45 bits per heavy atom. The Morgan fingerprint density at radius 2 is 1.75 bits per heavy atom. The summed E-state index contributed by atoms with van der Waals surface area (Å²) in [4.78, 5) is 0.175. The lowest BCUT2D eigenvalue weighted by Crippen LogP contribution is -2.23. The van der Waals surface area contributed by atoms with E-state index in [0.717, 1.165) is 35.4 Å². The highest BCUT2D eigenvalue weighted by Crippen LogP contribution is 2.42. The first-order chi connectivity index (χ1) is 9.75. The van der Waals surface area contributed by atoms with Crippen molar-refractivity contribution in [2.24, 2.45) is 0 Å². The summed E-state index contributed by atoms with van der Waals surface area (Å²) in [6.07, 6.45) is 4.64. The number of hydrogen-bond acceptors (Lipinski definition) is 3. The first-order valence-electron chi connectivity index (χ1n) is 7.10. The highest BCUT2D eigenvalue weighted by Gasteiger charge is 2.27. The minimum atomic E-state index is 0.175. The van der Waals surface area contributed by atoms with Gasteiger partial charge in [0.2, 0.25) is 0 Å². The van der Waals surface area contributed by atoms with Crippen LogP contribution in [0.5, 0.6) is 11.5 Å².